The van der Waals surface area contributed by atoms with Crippen LogP contribution >= 0.6 is 24.0 Å². The SMILES string of the molecule is CCNC(=NCCNC(=O)C(C)(C)C)NC(C)CCC(C)(C)C.I. The smallest absolute Gasteiger partial charge is 0.225 e. The van der Waals surface area contributed by atoms with Crippen LogP contribution in [0.2, 0.25) is 0 Å². The molecule has 0 bridgehead atoms. The van der Waals surface area contributed by atoms with Gasteiger partial charge in [0.25, 0.3) is 0 Å². The van der Waals surface area contributed by atoms with Gasteiger partial charge in [-0.05, 0) is 32.1 Å². The predicted octanol–water partition coefficient (Wildman–Crippen LogP) is 3.54. The fourth-order valence-corrected chi connectivity index (χ4v) is 1.88. The number of nitrogens with one attached hydrogen (secondary N) is 3. The van der Waals surface area contributed by atoms with Crippen molar-refractivity contribution in [2.75, 3.05) is 19.6 Å². The lowest BCUT2D eigenvalue weighted by atomic mass is 9.89. The number of aliphatic imine (C=N–C) groups is 1. The number of carbonyl (C=O) groups is 1. The molecule has 1 atom stereocenters. The Hall–Kier alpha value is -0.530. The zero-order valence-corrected chi connectivity index (χ0v) is 19.2. The summed E-state index contributed by atoms with van der Waals surface area (Å²) < 4.78 is 0. The van der Waals surface area contributed by atoms with Gasteiger partial charge in [0.15, 0.2) is 5.96 Å². The molecule has 0 aliphatic carbocycles. The van der Waals surface area contributed by atoms with Crippen molar-refractivity contribution in [1.82, 2.24) is 16.0 Å². The first-order valence-electron chi connectivity index (χ1n) is 8.79. The van der Waals surface area contributed by atoms with Crippen LogP contribution in [0.15, 0.2) is 4.99 Å². The van der Waals surface area contributed by atoms with Gasteiger partial charge < -0.3 is 16.0 Å². The largest absolute Gasteiger partial charge is 0.357 e. The average Bonchev–Trinajstić information content (AvgIpc) is 2.39. The second-order valence-corrected chi connectivity index (χ2v) is 8.41. The third-order valence-electron chi connectivity index (χ3n) is 3.40. The van der Waals surface area contributed by atoms with E-state index in [9.17, 15) is 4.79 Å². The van der Waals surface area contributed by atoms with Crippen molar-refractivity contribution >= 4 is 35.8 Å². The Morgan fingerprint density at radius 1 is 1.08 bits per heavy atom. The topological polar surface area (TPSA) is 65.5 Å². The molecule has 1 amide bonds. The van der Waals surface area contributed by atoms with E-state index in [-0.39, 0.29) is 35.3 Å². The molecule has 0 saturated carbocycles. The van der Waals surface area contributed by atoms with Crippen LogP contribution in [0.4, 0.5) is 0 Å². The lowest BCUT2D eigenvalue weighted by Gasteiger charge is -2.23. The van der Waals surface area contributed by atoms with Crippen molar-refractivity contribution in [1.29, 1.82) is 0 Å². The summed E-state index contributed by atoms with van der Waals surface area (Å²) in [6, 6.07) is 0.371. The molecule has 0 aliphatic heterocycles. The van der Waals surface area contributed by atoms with Crippen LogP contribution in [-0.4, -0.2) is 37.5 Å². The van der Waals surface area contributed by atoms with Gasteiger partial charge in [0.1, 0.15) is 0 Å². The van der Waals surface area contributed by atoms with Crippen molar-refractivity contribution in [3.05, 3.63) is 0 Å². The third kappa shape index (κ3) is 13.9. The van der Waals surface area contributed by atoms with E-state index in [0.717, 1.165) is 18.9 Å². The molecular formula is C18H39IN4O. The monoisotopic (exact) mass is 454 g/mol. The zero-order valence-electron chi connectivity index (χ0n) is 16.9. The lowest BCUT2D eigenvalue weighted by Crippen LogP contribution is -2.43. The van der Waals surface area contributed by atoms with Crippen LogP contribution in [0.5, 0.6) is 0 Å². The number of nitrogens with zero attached hydrogens (tertiary/aromatic N) is 1. The first-order valence-corrected chi connectivity index (χ1v) is 8.79. The minimum atomic E-state index is -0.353. The molecule has 0 rings (SSSR count). The highest BCUT2D eigenvalue weighted by molar-refractivity contribution is 14.0. The second-order valence-electron chi connectivity index (χ2n) is 8.41. The summed E-state index contributed by atoms with van der Waals surface area (Å²) in [4.78, 5) is 16.3. The van der Waals surface area contributed by atoms with Gasteiger partial charge in [0.2, 0.25) is 5.91 Å². The van der Waals surface area contributed by atoms with Gasteiger partial charge in [-0.2, -0.15) is 0 Å². The minimum absolute atomic E-state index is 0. The standard InChI is InChI=1S/C18H38N4O.HI/c1-9-19-16(22-14(2)10-11-17(3,4)5)21-13-12-20-15(23)18(6,7)8;/h14H,9-13H2,1-8H3,(H,20,23)(H2,19,21,22);1H. The third-order valence-corrected chi connectivity index (χ3v) is 3.40. The fraction of sp³-hybridized carbons (Fsp3) is 0.889. The normalized spacial score (nSPS) is 13.8. The van der Waals surface area contributed by atoms with E-state index < -0.39 is 0 Å². The van der Waals surface area contributed by atoms with Gasteiger partial charge in [-0.25, -0.2) is 0 Å². The van der Waals surface area contributed by atoms with Gasteiger partial charge in [0, 0.05) is 24.5 Å². The van der Waals surface area contributed by atoms with Gasteiger partial charge in [-0.15, -0.1) is 24.0 Å². The summed E-state index contributed by atoms with van der Waals surface area (Å²) in [5.74, 6) is 0.878. The summed E-state index contributed by atoms with van der Waals surface area (Å²) in [5.41, 5.74) is -0.00337. The van der Waals surface area contributed by atoms with Crippen LogP contribution in [-0.2, 0) is 4.79 Å². The average molecular weight is 454 g/mol. The molecule has 24 heavy (non-hydrogen) atoms. The highest BCUT2D eigenvalue weighted by Crippen LogP contribution is 2.21. The summed E-state index contributed by atoms with van der Waals surface area (Å²) in [7, 11) is 0. The number of halogens is 1. The highest BCUT2D eigenvalue weighted by Gasteiger charge is 2.20. The fourth-order valence-electron chi connectivity index (χ4n) is 1.88. The van der Waals surface area contributed by atoms with Crippen LogP contribution in [0.3, 0.4) is 0 Å². The quantitative estimate of drug-likeness (QED) is 0.239. The van der Waals surface area contributed by atoms with Gasteiger partial charge in [-0.1, -0.05) is 41.5 Å². The van der Waals surface area contributed by atoms with E-state index in [4.69, 9.17) is 0 Å². The summed E-state index contributed by atoms with van der Waals surface area (Å²) >= 11 is 0. The van der Waals surface area contributed by atoms with Crippen LogP contribution in [0, 0.1) is 10.8 Å². The van der Waals surface area contributed by atoms with Crippen LogP contribution in [0.25, 0.3) is 0 Å². The molecule has 0 aliphatic rings. The lowest BCUT2D eigenvalue weighted by molar-refractivity contribution is -0.128. The summed E-state index contributed by atoms with van der Waals surface area (Å²) in [5, 5.41) is 9.61. The van der Waals surface area contributed by atoms with Gasteiger partial charge in [-0.3, -0.25) is 9.79 Å². The van der Waals surface area contributed by atoms with Crippen LogP contribution in [0.1, 0.15) is 68.2 Å². The number of carbonyl (C=O) groups excluding carboxylic acids is 1. The number of rotatable bonds is 7. The Bertz CT molecular complexity index is 383. The number of hydrogen-bond donors (Lipinski definition) is 3. The number of hydrogen-bond acceptors (Lipinski definition) is 2. The van der Waals surface area contributed by atoms with Crippen molar-refractivity contribution in [3.63, 3.8) is 0 Å². The molecular weight excluding hydrogens is 415 g/mol. The van der Waals surface area contributed by atoms with Crippen molar-refractivity contribution in [2.45, 2.75) is 74.3 Å². The maximum absolute atomic E-state index is 11.8. The van der Waals surface area contributed by atoms with Crippen molar-refractivity contribution < 1.29 is 4.79 Å². The molecule has 0 aromatic carbocycles. The molecule has 0 aromatic rings. The first-order chi connectivity index (χ1) is 10.5. The molecule has 0 radical (unpaired) electrons. The van der Waals surface area contributed by atoms with E-state index in [2.05, 4.69) is 55.6 Å². The molecule has 0 spiro atoms. The maximum Gasteiger partial charge on any atom is 0.225 e. The number of guanidine groups is 1. The molecule has 5 nitrogen and oxygen atoms in total. The summed E-state index contributed by atoms with van der Waals surface area (Å²) in [6.07, 6.45) is 2.27. The molecule has 0 heterocycles. The molecule has 6 heteroatoms. The van der Waals surface area contributed by atoms with E-state index in [0.29, 0.717) is 24.5 Å². The van der Waals surface area contributed by atoms with Gasteiger partial charge >= 0.3 is 0 Å². The molecule has 0 saturated heterocycles. The predicted molar refractivity (Wildman–Crippen MR) is 115 cm³/mol. The Kier molecular flexibility index (Phi) is 12.8. The Balaban J connectivity index is 0. The Morgan fingerprint density at radius 2 is 1.67 bits per heavy atom. The molecule has 0 fully saturated rings. The van der Waals surface area contributed by atoms with Crippen LogP contribution < -0.4 is 16.0 Å². The first kappa shape index (κ1) is 25.7. The minimum Gasteiger partial charge on any atom is -0.357 e. The molecule has 144 valence electrons. The van der Waals surface area contributed by atoms with Crippen molar-refractivity contribution in [2.24, 2.45) is 15.8 Å². The highest BCUT2D eigenvalue weighted by atomic mass is 127. The molecule has 3 N–H and O–H groups in total. The molecule has 0 aromatic heterocycles. The maximum atomic E-state index is 11.8. The van der Waals surface area contributed by atoms with E-state index in [1.807, 2.05) is 20.8 Å². The van der Waals surface area contributed by atoms with E-state index in [1.165, 1.54) is 6.42 Å². The zero-order chi connectivity index (χ0) is 18.1. The van der Waals surface area contributed by atoms with Gasteiger partial charge in [0.05, 0.1) is 6.54 Å². The second kappa shape index (κ2) is 11.9. The van der Waals surface area contributed by atoms with Crippen molar-refractivity contribution in [3.8, 4) is 0 Å². The van der Waals surface area contributed by atoms with E-state index >= 15 is 0 Å². The molecule has 1 unspecified atom stereocenters. The Morgan fingerprint density at radius 3 is 2.12 bits per heavy atom. The Labute approximate surface area is 166 Å². The number of amides is 1. The summed E-state index contributed by atoms with van der Waals surface area (Å²) in [6.45, 7) is 18.7. The van der Waals surface area contributed by atoms with E-state index in [1.54, 1.807) is 0 Å².